The largest absolute Gasteiger partial charge is 0.342 e. The lowest BCUT2D eigenvalue weighted by Gasteiger charge is -2.36. The first-order chi connectivity index (χ1) is 11.1. The first kappa shape index (κ1) is 16.5. The number of hydrogen-bond acceptors (Lipinski definition) is 4. The second kappa shape index (κ2) is 7.45. The maximum atomic E-state index is 12.3. The minimum atomic E-state index is -0.150. The van der Waals surface area contributed by atoms with Crippen LogP contribution in [0.5, 0.6) is 0 Å². The van der Waals surface area contributed by atoms with Crippen molar-refractivity contribution in [2.75, 3.05) is 32.7 Å². The van der Waals surface area contributed by atoms with Crippen molar-refractivity contribution in [2.45, 2.75) is 38.6 Å². The fourth-order valence-corrected chi connectivity index (χ4v) is 4.28. The van der Waals surface area contributed by atoms with Crippen molar-refractivity contribution in [1.29, 1.82) is 0 Å². The van der Waals surface area contributed by atoms with Gasteiger partial charge in [-0.3, -0.25) is 9.59 Å². The fourth-order valence-electron chi connectivity index (χ4n) is 3.50. The van der Waals surface area contributed by atoms with E-state index in [1.165, 1.54) is 37.3 Å². The molecule has 3 rings (SSSR count). The highest BCUT2D eigenvalue weighted by Crippen LogP contribution is 2.21. The minimum absolute atomic E-state index is 0.0338. The van der Waals surface area contributed by atoms with E-state index in [2.05, 4.69) is 10.2 Å². The average Bonchev–Trinajstić information content (AvgIpc) is 3.24. The Kier molecular flexibility index (Phi) is 5.33. The molecule has 2 aliphatic rings. The standard InChI is InChI=1S/C17H25N3O2S/c1-13-4-5-15(23-13)17(22)18-12-16(21)20-10-6-14(7-11-20)19-8-2-3-9-19/h4-5,14H,2-3,6-12H2,1H3,(H,18,22). The molecule has 1 aromatic rings. The molecule has 1 N–H and O–H groups in total. The van der Waals surface area contributed by atoms with Gasteiger partial charge in [0.05, 0.1) is 11.4 Å². The Bertz CT molecular complexity index is 558. The van der Waals surface area contributed by atoms with Crippen LogP contribution in [0, 0.1) is 6.92 Å². The molecule has 0 saturated carbocycles. The Balaban J connectivity index is 1.41. The molecule has 0 spiro atoms. The summed E-state index contributed by atoms with van der Waals surface area (Å²) in [5.74, 6) is -0.116. The molecule has 2 fully saturated rings. The normalized spacial score (nSPS) is 20.0. The summed E-state index contributed by atoms with van der Waals surface area (Å²) in [6.45, 7) is 6.13. The Morgan fingerprint density at radius 1 is 1.17 bits per heavy atom. The van der Waals surface area contributed by atoms with Crippen LogP contribution in [0.1, 0.15) is 40.2 Å². The highest BCUT2D eigenvalue weighted by molar-refractivity contribution is 7.13. The second-order valence-electron chi connectivity index (χ2n) is 6.45. The van der Waals surface area contributed by atoms with Gasteiger partial charge in [0.15, 0.2) is 0 Å². The Morgan fingerprint density at radius 2 is 1.87 bits per heavy atom. The third-order valence-electron chi connectivity index (χ3n) is 4.84. The summed E-state index contributed by atoms with van der Waals surface area (Å²) in [6, 6.07) is 4.37. The molecule has 0 aliphatic carbocycles. The van der Waals surface area contributed by atoms with Crippen molar-refractivity contribution in [3.63, 3.8) is 0 Å². The van der Waals surface area contributed by atoms with Gasteiger partial charge in [-0.25, -0.2) is 0 Å². The lowest BCUT2D eigenvalue weighted by atomic mass is 10.0. The third-order valence-corrected chi connectivity index (χ3v) is 5.84. The number of hydrogen-bond donors (Lipinski definition) is 1. The van der Waals surface area contributed by atoms with Crippen LogP contribution in [-0.4, -0.2) is 60.4 Å². The third kappa shape index (κ3) is 4.12. The average molecular weight is 335 g/mol. The maximum Gasteiger partial charge on any atom is 0.261 e. The van der Waals surface area contributed by atoms with E-state index >= 15 is 0 Å². The zero-order valence-electron chi connectivity index (χ0n) is 13.7. The van der Waals surface area contributed by atoms with E-state index in [4.69, 9.17) is 0 Å². The predicted molar refractivity (Wildman–Crippen MR) is 91.8 cm³/mol. The molecule has 23 heavy (non-hydrogen) atoms. The number of nitrogens with zero attached hydrogens (tertiary/aromatic N) is 2. The molecule has 5 nitrogen and oxygen atoms in total. The monoisotopic (exact) mass is 335 g/mol. The molecule has 3 heterocycles. The zero-order chi connectivity index (χ0) is 16.2. The maximum absolute atomic E-state index is 12.3. The van der Waals surface area contributed by atoms with Gasteiger partial charge in [-0.2, -0.15) is 0 Å². The minimum Gasteiger partial charge on any atom is -0.342 e. The van der Waals surface area contributed by atoms with Crippen molar-refractivity contribution >= 4 is 23.2 Å². The fraction of sp³-hybridized carbons (Fsp3) is 0.647. The quantitative estimate of drug-likeness (QED) is 0.914. The van der Waals surface area contributed by atoms with Crippen molar-refractivity contribution in [3.05, 3.63) is 21.9 Å². The number of carbonyl (C=O) groups excluding carboxylic acids is 2. The van der Waals surface area contributed by atoms with Gasteiger partial charge >= 0.3 is 0 Å². The van der Waals surface area contributed by atoms with E-state index in [9.17, 15) is 9.59 Å². The van der Waals surface area contributed by atoms with Crippen molar-refractivity contribution in [3.8, 4) is 0 Å². The van der Waals surface area contributed by atoms with E-state index < -0.39 is 0 Å². The van der Waals surface area contributed by atoms with Crippen LogP contribution in [0.2, 0.25) is 0 Å². The van der Waals surface area contributed by atoms with Gasteiger partial charge in [-0.1, -0.05) is 0 Å². The number of likely N-dealkylation sites (tertiary alicyclic amines) is 2. The number of amides is 2. The van der Waals surface area contributed by atoms with Gasteiger partial charge < -0.3 is 15.1 Å². The molecular weight excluding hydrogens is 310 g/mol. The zero-order valence-corrected chi connectivity index (χ0v) is 14.5. The van der Waals surface area contributed by atoms with Crippen LogP contribution in [0.15, 0.2) is 12.1 Å². The van der Waals surface area contributed by atoms with E-state index in [1.54, 1.807) is 6.07 Å². The Morgan fingerprint density at radius 3 is 2.48 bits per heavy atom. The number of carbonyl (C=O) groups is 2. The van der Waals surface area contributed by atoms with E-state index in [-0.39, 0.29) is 18.4 Å². The van der Waals surface area contributed by atoms with Crippen molar-refractivity contribution in [2.24, 2.45) is 0 Å². The molecule has 0 atom stereocenters. The molecule has 126 valence electrons. The lowest BCUT2D eigenvalue weighted by molar-refractivity contribution is -0.131. The number of thiophene rings is 1. The summed E-state index contributed by atoms with van der Waals surface area (Å²) in [5.41, 5.74) is 0. The van der Waals surface area contributed by atoms with Crippen LogP contribution in [0.4, 0.5) is 0 Å². The smallest absolute Gasteiger partial charge is 0.261 e. The van der Waals surface area contributed by atoms with Gasteiger partial charge in [-0.15, -0.1) is 11.3 Å². The molecular formula is C17H25N3O2S. The van der Waals surface area contributed by atoms with Crippen LogP contribution in [-0.2, 0) is 4.79 Å². The van der Waals surface area contributed by atoms with Gasteiger partial charge in [0.25, 0.3) is 5.91 Å². The molecule has 0 aromatic carbocycles. The Labute approximate surface area is 141 Å². The van der Waals surface area contributed by atoms with Crippen LogP contribution >= 0.6 is 11.3 Å². The molecule has 1 aromatic heterocycles. The SMILES string of the molecule is Cc1ccc(C(=O)NCC(=O)N2CCC(N3CCCC3)CC2)s1. The molecule has 0 unspecified atom stereocenters. The molecule has 2 aliphatic heterocycles. The predicted octanol–water partition coefficient (Wildman–Crippen LogP) is 1.87. The molecule has 0 bridgehead atoms. The van der Waals surface area contributed by atoms with E-state index in [1.807, 2.05) is 17.9 Å². The lowest BCUT2D eigenvalue weighted by Crippen LogP contribution is -2.48. The Hall–Kier alpha value is -1.40. The van der Waals surface area contributed by atoms with Gasteiger partial charge in [0.1, 0.15) is 0 Å². The number of aryl methyl sites for hydroxylation is 1. The summed E-state index contributed by atoms with van der Waals surface area (Å²) < 4.78 is 0. The van der Waals surface area contributed by atoms with Gasteiger partial charge in [0.2, 0.25) is 5.91 Å². The van der Waals surface area contributed by atoms with Gasteiger partial charge in [0, 0.05) is 24.0 Å². The van der Waals surface area contributed by atoms with E-state index in [0.717, 1.165) is 30.8 Å². The van der Waals surface area contributed by atoms with Crippen LogP contribution in [0.25, 0.3) is 0 Å². The molecule has 6 heteroatoms. The van der Waals surface area contributed by atoms with Crippen LogP contribution in [0.3, 0.4) is 0 Å². The topological polar surface area (TPSA) is 52.7 Å². The molecule has 0 radical (unpaired) electrons. The van der Waals surface area contributed by atoms with Crippen LogP contribution < -0.4 is 5.32 Å². The van der Waals surface area contributed by atoms with Gasteiger partial charge in [-0.05, 0) is 57.8 Å². The summed E-state index contributed by atoms with van der Waals surface area (Å²) in [6.07, 6.45) is 4.74. The van der Waals surface area contributed by atoms with Crippen molar-refractivity contribution in [1.82, 2.24) is 15.1 Å². The highest BCUT2D eigenvalue weighted by Gasteiger charge is 2.28. The molecule has 2 amide bonds. The summed E-state index contributed by atoms with van der Waals surface area (Å²) >= 11 is 1.46. The first-order valence-corrected chi connectivity index (χ1v) is 9.31. The summed E-state index contributed by atoms with van der Waals surface area (Å²) in [4.78, 5) is 30.5. The highest BCUT2D eigenvalue weighted by atomic mass is 32.1. The van der Waals surface area contributed by atoms with Crippen molar-refractivity contribution < 1.29 is 9.59 Å². The van der Waals surface area contributed by atoms with E-state index in [0.29, 0.717) is 10.9 Å². The molecule has 2 saturated heterocycles. The second-order valence-corrected chi connectivity index (χ2v) is 7.74. The number of piperidine rings is 1. The first-order valence-electron chi connectivity index (χ1n) is 8.50. The summed E-state index contributed by atoms with van der Waals surface area (Å²) in [7, 11) is 0. The number of nitrogens with one attached hydrogen (secondary N) is 1. The number of rotatable bonds is 4. The summed E-state index contributed by atoms with van der Waals surface area (Å²) in [5, 5.41) is 2.75.